The predicted octanol–water partition coefficient (Wildman–Crippen LogP) is 4.45. The van der Waals surface area contributed by atoms with Gasteiger partial charge in [-0.1, -0.05) is 45.6 Å². The van der Waals surface area contributed by atoms with E-state index in [4.69, 9.17) is 14.6 Å². The molecule has 0 atom stereocenters. The van der Waals surface area contributed by atoms with Crippen LogP contribution < -0.4 is 9.47 Å². The summed E-state index contributed by atoms with van der Waals surface area (Å²) in [6, 6.07) is 5.43. The van der Waals surface area contributed by atoms with E-state index in [1.165, 1.54) is 0 Å². The van der Waals surface area contributed by atoms with Crippen LogP contribution in [0.3, 0.4) is 0 Å². The first-order chi connectivity index (χ1) is 10.7. The summed E-state index contributed by atoms with van der Waals surface area (Å²) in [5.74, 6) is 0.525. The zero-order chi connectivity index (χ0) is 16.2. The molecule has 0 aliphatic carbocycles. The Kier molecular flexibility index (Phi) is 9.12. The number of hydrogen-bond acceptors (Lipinski definition) is 3. The molecule has 4 nitrogen and oxygen atoms in total. The summed E-state index contributed by atoms with van der Waals surface area (Å²) in [4.78, 5) is 10.9. The minimum Gasteiger partial charge on any atom is -0.493 e. The van der Waals surface area contributed by atoms with Crippen molar-refractivity contribution in [2.24, 2.45) is 0 Å². The quantitative estimate of drug-likeness (QED) is 0.579. The Bertz CT molecular complexity index is 443. The number of ether oxygens (including phenoxy) is 2. The van der Waals surface area contributed by atoms with Crippen LogP contribution in [0.2, 0.25) is 0 Å². The molecule has 124 valence electrons. The van der Waals surface area contributed by atoms with Gasteiger partial charge in [-0.15, -0.1) is 0 Å². The second kappa shape index (κ2) is 10.9. The van der Waals surface area contributed by atoms with E-state index in [-0.39, 0.29) is 6.42 Å². The number of carboxylic acid groups (broad SMARTS) is 1. The van der Waals surface area contributed by atoms with E-state index >= 15 is 0 Å². The van der Waals surface area contributed by atoms with Gasteiger partial charge in [-0.2, -0.15) is 0 Å². The van der Waals surface area contributed by atoms with Gasteiger partial charge < -0.3 is 14.6 Å². The van der Waals surface area contributed by atoms with Crippen LogP contribution in [0.15, 0.2) is 18.2 Å². The SMILES string of the molecule is CCCCCOc1ccc(CC(=O)O)c(OCCCCC)c1. The van der Waals surface area contributed by atoms with Gasteiger partial charge in [-0.05, 0) is 18.9 Å². The predicted molar refractivity (Wildman–Crippen MR) is 87.8 cm³/mol. The highest BCUT2D eigenvalue weighted by Crippen LogP contribution is 2.26. The van der Waals surface area contributed by atoms with Gasteiger partial charge in [0.2, 0.25) is 0 Å². The van der Waals surface area contributed by atoms with Crippen LogP contribution in [-0.2, 0) is 11.2 Å². The second-order valence-electron chi connectivity index (χ2n) is 5.45. The van der Waals surface area contributed by atoms with E-state index in [2.05, 4.69) is 13.8 Å². The number of rotatable bonds is 12. The van der Waals surface area contributed by atoms with Crippen LogP contribution in [-0.4, -0.2) is 24.3 Å². The van der Waals surface area contributed by atoms with Crippen molar-refractivity contribution < 1.29 is 19.4 Å². The number of carboxylic acids is 1. The lowest BCUT2D eigenvalue weighted by molar-refractivity contribution is -0.136. The van der Waals surface area contributed by atoms with E-state index in [0.29, 0.717) is 24.5 Å². The molecule has 0 saturated heterocycles. The van der Waals surface area contributed by atoms with Crippen molar-refractivity contribution >= 4 is 5.97 Å². The third-order valence-electron chi connectivity index (χ3n) is 3.40. The summed E-state index contributed by atoms with van der Waals surface area (Å²) in [5.41, 5.74) is 0.699. The first-order valence-corrected chi connectivity index (χ1v) is 8.27. The molecule has 0 spiro atoms. The maximum absolute atomic E-state index is 10.9. The normalized spacial score (nSPS) is 10.5. The lowest BCUT2D eigenvalue weighted by atomic mass is 10.1. The lowest BCUT2D eigenvalue weighted by Gasteiger charge is -2.13. The molecule has 0 heterocycles. The van der Waals surface area contributed by atoms with Crippen LogP contribution in [0.4, 0.5) is 0 Å². The summed E-state index contributed by atoms with van der Waals surface area (Å²) in [6.07, 6.45) is 6.53. The Morgan fingerprint density at radius 2 is 1.64 bits per heavy atom. The van der Waals surface area contributed by atoms with Crippen molar-refractivity contribution in [2.45, 2.75) is 58.8 Å². The number of benzene rings is 1. The van der Waals surface area contributed by atoms with Crippen molar-refractivity contribution in [3.8, 4) is 11.5 Å². The van der Waals surface area contributed by atoms with Gasteiger partial charge in [0, 0.05) is 11.6 Å². The molecule has 0 aliphatic rings. The Morgan fingerprint density at radius 1 is 1.00 bits per heavy atom. The van der Waals surface area contributed by atoms with Gasteiger partial charge >= 0.3 is 5.97 Å². The zero-order valence-electron chi connectivity index (χ0n) is 13.8. The first kappa shape index (κ1) is 18.3. The molecule has 0 fully saturated rings. The molecule has 4 heteroatoms. The van der Waals surface area contributed by atoms with Gasteiger partial charge in [0.05, 0.1) is 19.6 Å². The van der Waals surface area contributed by atoms with Crippen LogP contribution in [0.1, 0.15) is 57.9 Å². The van der Waals surface area contributed by atoms with Crippen LogP contribution in [0.25, 0.3) is 0 Å². The third-order valence-corrected chi connectivity index (χ3v) is 3.40. The van der Waals surface area contributed by atoms with E-state index in [1.807, 2.05) is 12.1 Å². The average molecular weight is 308 g/mol. The molecule has 0 amide bonds. The molecule has 1 N–H and O–H groups in total. The first-order valence-electron chi connectivity index (χ1n) is 8.27. The van der Waals surface area contributed by atoms with Gasteiger partial charge in [0.1, 0.15) is 11.5 Å². The van der Waals surface area contributed by atoms with Crippen molar-refractivity contribution in [1.82, 2.24) is 0 Å². The van der Waals surface area contributed by atoms with Crippen LogP contribution >= 0.6 is 0 Å². The Hall–Kier alpha value is -1.71. The summed E-state index contributed by atoms with van der Waals surface area (Å²) < 4.78 is 11.5. The summed E-state index contributed by atoms with van der Waals surface area (Å²) in [5, 5.41) is 8.98. The average Bonchev–Trinajstić information content (AvgIpc) is 2.49. The maximum Gasteiger partial charge on any atom is 0.307 e. The van der Waals surface area contributed by atoms with E-state index in [1.54, 1.807) is 6.07 Å². The summed E-state index contributed by atoms with van der Waals surface area (Å²) in [7, 11) is 0. The van der Waals surface area contributed by atoms with Gasteiger partial charge in [0.25, 0.3) is 0 Å². The lowest BCUT2D eigenvalue weighted by Crippen LogP contribution is -2.06. The Balaban J connectivity index is 2.65. The summed E-state index contributed by atoms with van der Waals surface area (Å²) in [6.45, 7) is 5.59. The third kappa shape index (κ3) is 7.34. The Morgan fingerprint density at radius 3 is 2.23 bits per heavy atom. The number of hydrogen-bond donors (Lipinski definition) is 1. The molecule has 1 aromatic rings. The molecule has 0 saturated carbocycles. The van der Waals surface area contributed by atoms with Crippen molar-refractivity contribution in [2.75, 3.05) is 13.2 Å². The van der Waals surface area contributed by atoms with Gasteiger partial charge in [0.15, 0.2) is 0 Å². The summed E-state index contributed by atoms with van der Waals surface area (Å²) >= 11 is 0. The number of aliphatic carboxylic acids is 1. The second-order valence-corrected chi connectivity index (χ2v) is 5.45. The monoisotopic (exact) mass is 308 g/mol. The Labute approximate surface area is 133 Å². The number of carbonyl (C=O) groups is 1. The fourth-order valence-electron chi connectivity index (χ4n) is 2.14. The fraction of sp³-hybridized carbons (Fsp3) is 0.611. The molecule has 22 heavy (non-hydrogen) atoms. The fourth-order valence-corrected chi connectivity index (χ4v) is 2.14. The highest BCUT2D eigenvalue weighted by atomic mass is 16.5. The standard InChI is InChI=1S/C18H28O4/c1-3-5-7-11-21-16-10-9-15(13-18(19)20)17(14-16)22-12-8-6-4-2/h9-10,14H,3-8,11-13H2,1-2H3,(H,19,20). The van der Waals surface area contributed by atoms with Crippen molar-refractivity contribution in [3.05, 3.63) is 23.8 Å². The molecule has 0 radical (unpaired) electrons. The maximum atomic E-state index is 10.9. The molecular weight excluding hydrogens is 280 g/mol. The largest absolute Gasteiger partial charge is 0.493 e. The molecule has 0 bridgehead atoms. The topological polar surface area (TPSA) is 55.8 Å². The van der Waals surface area contributed by atoms with E-state index in [0.717, 1.165) is 44.3 Å². The van der Waals surface area contributed by atoms with E-state index in [9.17, 15) is 4.79 Å². The minimum absolute atomic E-state index is 0.0285. The van der Waals surface area contributed by atoms with Crippen molar-refractivity contribution in [3.63, 3.8) is 0 Å². The van der Waals surface area contributed by atoms with Crippen molar-refractivity contribution in [1.29, 1.82) is 0 Å². The molecule has 0 aromatic heterocycles. The van der Waals surface area contributed by atoms with Crippen LogP contribution in [0.5, 0.6) is 11.5 Å². The molecular formula is C18H28O4. The van der Waals surface area contributed by atoms with E-state index < -0.39 is 5.97 Å². The highest BCUT2D eigenvalue weighted by Gasteiger charge is 2.10. The molecule has 1 aromatic carbocycles. The minimum atomic E-state index is -0.852. The van der Waals surface area contributed by atoms with Crippen LogP contribution in [0, 0.1) is 0 Å². The highest BCUT2D eigenvalue weighted by molar-refractivity contribution is 5.71. The molecule has 0 unspecified atom stereocenters. The smallest absolute Gasteiger partial charge is 0.307 e. The molecule has 1 rings (SSSR count). The molecule has 0 aliphatic heterocycles. The van der Waals surface area contributed by atoms with Gasteiger partial charge in [-0.3, -0.25) is 4.79 Å². The zero-order valence-corrected chi connectivity index (χ0v) is 13.8. The number of unbranched alkanes of at least 4 members (excludes halogenated alkanes) is 4. The van der Waals surface area contributed by atoms with Gasteiger partial charge in [-0.25, -0.2) is 0 Å².